The summed E-state index contributed by atoms with van der Waals surface area (Å²) < 4.78 is 11.3. The molecule has 2 aromatic carbocycles. The van der Waals surface area contributed by atoms with Gasteiger partial charge < -0.3 is 36.0 Å². The number of hydrogen-bond donors (Lipinski definition) is 1. The zero-order valence-corrected chi connectivity index (χ0v) is 22.4. The van der Waals surface area contributed by atoms with Crippen molar-refractivity contribution in [1.29, 1.82) is 0 Å². The highest BCUT2D eigenvalue weighted by atomic mass is 79.9. The van der Waals surface area contributed by atoms with Gasteiger partial charge >= 0.3 is 0 Å². The maximum atomic E-state index is 13.5. The van der Waals surface area contributed by atoms with Crippen LogP contribution in [0.5, 0.6) is 11.5 Å². The smallest absolute Gasteiger partial charge is 0.216 e. The average Bonchev–Trinajstić information content (AvgIpc) is 2.91. The fraction of sp³-hybridized carbons (Fsp3) is 0.379. The molecule has 0 aliphatic carbocycles. The van der Waals surface area contributed by atoms with Crippen LogP contribution in [0.3, 0.4) is 0 Å². The molecule has 1 N–H and O–H groups in total. The van der Waals surface area contributed by atoms with Gasteiger partial charge in [0.2, 0.25) is 5.78 Å². The van der Waals surface area contributed by atoms with Crippen molar-refractivity contribution >= 4 is 16.7 Å². The van der Waals surface area contributed by atoms with E-state index in [2.05, 4.69) is 11.6 Å². The number of Topliss-reactive ketones (excluding diaryl/α,β-unsaturated/α-hetero) is 1. The summed E-state index contributed by atoms with van der Waals surface area (Å²) in [5.41, 5.74) is 2.34. The van der Waals surface area contributed by atoms with Crippen LogP contribution in [0.1, 0.15) is 34.9 Å². The van der Waals surface area contributed by atoms with Crippen LogP contribution in [0.25, 0.3) is 10.9 Å². The molecule has 0 radical (unpaired) electrons. The molecule has 36 heavy (non-hydrogen) atoms. The molecule has 4 heterocycles. The highest BCUT2D eigenvalue weighted by Gasteiger charge is 2.54. The number of piperidine rings is 3. The van der Waals surface area contributed by atoms with E-state index in [0.717, 1.165) is 53.9 Å². The Morgan fingerprint density at radius 3 is 2.58 bits per heavy atom. The Morgan fingerprint density at radius 1 is 1.17 bits per heavy atom. The molecule has 7 heteroatoms. The van der Waals surface area contributed by atoms with Crippen LogP contribution < -0.4 is 26.5 Å². The second kappa shape index (κ2) is 10.7. The van der Waals surface area contributed by atoms with Crippen LogP contribution in [0.2, 0.25) is 0 Å². The summed E-state index contributed by atoms with van der Waals surface area (Å²) in [6.07, 6.45) is 4.99. The number of quaternary nitrogens is 1. The van der Waals surface area contributed by atoms with E-state index >= 15 is 0 Å². The Balaban J connectivity index is 0.00000304. The van der Waals surface area contributed by atoms with Crippen LogP contribution in [-0.4, -0.2) is 60.3 Å². The lowest BCUT2D eigenvalue weighted by Crippen LogP contribution is -3.00. The molecule has 0 saturated carbocycles. The first-order valence-electron chi connectivity index (χ1n) is 12.2. The van der Waals surface area contributed by atoms with E-state index in [9.17, 15) is 9.90 Å². The largest absolute Gasteiger partial charge is 1.00 e. The zero-order valence-electron chi connectivity index (χ0n) is 20.8. The predicted octanol–water partition coefficient (Wildman–Crippen LogP) is 1.58. The van der Waals surface area contributed by atoms with Gasteiger partial charge in [0.1, 0.15) is 30.2 Å². The minimum Gasteiger partial charge on any atom is -1.00 e. The lowest BCUT2D eigenvalue weighted by atomic mass is 9.71. The number of ketones is 1. The van der Waals surface area contributed by atoms with Crippen LogP contribution >= 0.6 is 0 Å². The first-order chi connectivity index (χ1) is 17.0. The fourth-order valence-corrected chi connectivity index (χ4v) is 6.27. The number of ether oxygens (including phenoxy) is 2. The van der Waals surface area contributed by atoms with E-state index in [1.165, 1.54) is 0 Å². The molecule has 5 atom stereocenters. The third-order valence-corrected chi connectivity index (χ3v) is 8.21. The van der Waals surface area contributed by atoms with Gasteiger partial charge in [-0.05, 0) is 60.0 Å². The van der Waals surface area contributed by atoms with Gasteiger partial charge in [0, 0.05) is 35.9 Å². The number of nitrogens with zero attached hydrogens (tertiary/aromatic N) is 2. The second-order valence-corrected chi connectivity index (χ2v) is 9.91. The Bertz CT molecular complexity index is 1250. The number of carbonyl (C=O) groups is 1. The summed E-state index contributed by atoms with van der Waals surface area (Å²) in [7, 11) is 3.26. The number of fused-ring (bicyclic) bond motifs is 4. The van der Waals surface area contributed by atoms with Crippen molar-refractivity contribution in [2.24, 2.45) is 11.8 Å². The van der Waals surface area contributed by atoms with Crippen LogP contribution in [0, 0.1) is 11.8 Å². The number of benzene rings is 2. The van der Waals surface area contributed by atoms with Crippen LogP contribution in [0.15, 0.2) is 67.4 Å². The maximum Gasteiger partial charge on any atom is 0.216 e. The molecule has 4 unspecified atom stereocenters. The van der Waals surface area contributed by atoms with Gasteiger partial charge in [0.15, 0.2) is 0 Å². The van der Waals surface area contributed by atoms with Crippen molar-refractivity contribution in [2.45, 2.75) is 25.0 Å². The summed E-state index contributed by atoms with van der Waals surface area (Å²) in [4.78, 5) is 18.0. The summed E-state index contributed by atoms with van der Waals surface area (Å²) in [5.74, 6) is 2.38. The lowest BCUT2D eigenvalue weighted by Gasteiger charge is -2.57. The number of hydrogen-bond acceptors (Lipinski definition) is 5. The van der Waals surface area contributed by atoms with E-state index in [-0.39, 0.29) is 28.8 Å². The topological polar surface area (TPSA) is 68.7 Å². The summed E-state index contributed by atoms with van der Waals surface area (Å²) in [5, 5.41) is 12.8. The Morgan fingerprint density at radius 2 is 1.89 bits per heavy atom. The van der Waals surface area contributed by atoms with Gasteiger partial charge in [-0.25, -0.2) is 0 Å². The number of rotatable bonds is 8. The molecule has 1 aromatic heterocycles. The van der Waals surface area contributed by atoms with E-state index in [1.807, 2.05) is 54.6 Å². The quantitative estimate of drug-likeness (QED) is 0.261. The number of pyridine rings is 1. The highest BCUT2D eigenvalue weighted by Crippen LogP contribution is 2.47. The monoisotopic (exact) mass is 552 g/mol. The van der Waals surface area contributed by atoms with Crippen molar-refractivity contribution in [2.75, 3.05) is 33.9 Å². The normalized spacial score (nSPS) is 25.6. The molecule has 2 bridgehead atoms. The van der Waals surface area contributed by atoms with E-state index in [1.54, 1.807) is 20.4 Å². The third-order valence-electron chi connectivity index (χ3n) is 8.21. The molecule has 6 nitrogen and oxygen atoms in total. The van der Waals surface area contributed by atoms with Gasteiger partial charge in [-0.15, -0.1) is 6.58 Å². The van der Waals surface area contributed by atoms with Gasteiger partial charge in [-0.3, -0.25) is 9.78 Å². The number of aromatic nitrogens is 1. The molecule has 6 rings (SSSR count). The van der Waals surface area contributed by atoms with Gasteiger partial charge in [-0.1, -0.05) is 6.08 Å². The Labute approximate surface area is 222 Å². The number of halogens is 1. The minimum atomic E-state index is -0.718. The average molecular weight is 553 g/mol. The Kier molecular flexibility index (Phi) is 7.83. The van der Waals surface area contributed by atoms with Crippen LogP contribution in [0.4, 0.5) is 0 Å². The molecule has 3 fully saturated rings. The molecule has 3 aromatic rings. The first kappa shape index (κ1) is 26.3. The standard InChI is InChI=1S/C29H33N2O4.BrH/c1-4-19-17-31(18-28(32)20-5-7-22(34-2)8-6-20)14-12-21(19)15-27(31)29(33)24-11-13-30-26-10-9-23(35-3)16-25(24)26;/h4-11,13,16,19,21,27,29,33H,1,12,14-15,17-18H2,2-3H3;1H/q+1;/p-1/t19?,21?,27?,29-,31?;/m1./s1. The molecule has 0 spiro atoms. The predicted molar refractivity (Wildman–Crippen MR) is 136 cm³/mol. The molecule has 0 amide bonds. The SMILES string of the molecule is C=CC1C[N+]2(CC(=O)c3ccc(OC)cc3)CCC1CC2[C@H](O)c1ccnc2ccc(OC)cc12.[Br-]. The zero-order chi connectivity index (χ0) is 24.6. The number of aliphatic hydroxyl groups excluding tert-OH is 1. The fourth-order valence-electron chi connectivity index (χ4n) is 6.27. The number of carbonyl (C=O) groups excluding carboxylic acids is 1. The molecular weight excluding hydrogens is 520 g/mol. The van der Waals surface area contributed by atoms with Crippen molar-refractivity contribution in [3.8, 4) is 11.5 Å². The molecule has 190 valence electrons. The molecular formula is C29H33BrN2O4. The Hall–Kier alpha value is -2.74. The minimum absolute atomic E-state index is 0. The molecule has 3 aliphatic rings. The lowest BCUT2D eigenvalue weighted by molar-refractivity contribution is -0.966. The van der Waals surface area contributed by atoms with Gasteiger partial charge in [-0.2, -0.15) is 0 Å². The molecule has 3 aliphatic heterocycles. The van der Waals surface area contributed by atoms with Gasteiger partial charge in [0.25, 0.3) is 0 Å². The highest BCUT2D eigenvalue weighted by molar-refractivity contribution is 5.97. The first-order valence-corrected chi connectivity index (χ1v) is 12.2. The van der Waals surface area contributed by atoms with Crippen molar-refractivity contribution in [3.05, 3.63) is 78.5 Å². The van der Waals surface area contributed by atoms with Crippen molar-refractivity contribution in [3.63, 3.8) is 0 Å². The van der Waals surface area contributed by atoms with Crippen molar-refractivity contribution in [1.82, 2.24) is 4.98 Å². The number of aliphatic hydroxyl groups is 1. The third kappa shape index (κ3) is 4.67. The summed E-state index contributed by atoms with van der Waals surface area (Å²) >= 11 is 0. The van der Waals surface area contributed by atoms with Crippen molar-refractivity contribution < 1.29 is 40.8 Å². The van der Waals surface area contributed by atoms with E-state index in [0.29, 0.717) is 28.4 Å². The maximum absolute atomic E-state index is 13.5. The van der Waals surface area contributed by atoms with E-state index in [4.69, 9.17) is 9.47 Å². The van der Waals surface area contributed by atoms with E-state index < -0.39 is 6.10 Å². The summed E-state index contributed by atoms with van der Waals surface area (Å²) in [6, 6.07) is 14.9. The van der Waals surface area contributed by atoms with Gasteiger partial charge in [0.05, 0.1) is 32.8 Å². The molecule has 3 saturated heterocycles. The number of methoxy groups -OCH3 is 2. The van der Waals surface area contributed by atoms with Crippen LogP contribution in [-0.2, 0) is 0 Å². The second-order valence-electron chi connectivity index (χ2n) is 9.91. The summed E-state index contributed by atoms with van der Waals surface area (Å²) in [6.45, 7) is 6.15.